The van der Waals surface area contributed by atoms with Gasteiger partial charge in [-0.3, -0.25) is 4.79 Å². The number of esters is 2. The largest absolute Gasteiger partial charge is 0.462 e. The second-order valence-corrected chi connectivity index (χ2v) is 7.91. The lowest BCUT2D eigenvalue weighted by Crippen LogP contribution is -2.28. The van der Waals surface area contributed by atoms with E-state index in [0.717, 1.165) is 36.8 Å². The minimum absolute atomic E-state index is 0.0839. The molecule has 32 heavy (non-hydrogen) atoms. The maximum Gasteiger partial charge on any atom is 0.330 e. The van der Waals surface area contributed by atoms with Crippen molar-refractivity contribution in [2.75, 3.05) is 25.2 Å². The highest BCUT2D eigenvalue weighted by Gasteiger charge is 2.27. The Morgan fingerprint density at radius 1 is 1.03 bits per heavy atom. The summed E-state index contributed by atoms with van der Waals surface area (Å²) in [4.78, 5) is 24.3. The van der Waals surface area contributed by atoms with Crippen LogP contribution in [0.1, 0.15) is 36.8 Å². The molecule has 1 aliphatic rings. The van der Waals surface area contributed by atoms with Crippen LogP contribution in [0.2, 0.25) is 0 Å². The predicted molar refractivity (Wildman–Crippen MR) is 124 cm³/mol. The van der Waals surface area contributed by atoms with Crippen LogP contribution in [0.5, 0.6) is 5.75 Å². The van der Waals surface area contributed by atoms with E-state index in [1.54, 1.807) is 49.6 Å². The molecule has 0 unspecified atom stereocenters. The molecule has 2 aromatic rings. The Kier molecular flexibility index (Phi) is 8.27. The third-order valence-electron chi connectivity index (χ3n) is 5.64. The Morgan fingerprint density at radius 3 is 2.41 bits per heavy atom. The molecule has 7 nitrogen and oxygen atoms in total. The summed E-state index contributed by atoms with van der Waals surface area (Å²) < 4.78 is 16.1. The monoisotopic (exact) mass is 438 g/mol. The summed E-state index contributed by atoms with van der Waals surface area (Å²) in [5.74, 6) is -0.238. The van der Waals surface area contributed by atoms with E-state index in [2.05, 4.69) is 0 Å². The van der Waals surface area contributed by atoms with E-state index in [1.165, 1.54) is 6.08 Å². The molecule has 0 bridgehead atoms. The Bertz CT molecular complexity index is 947. The molecule has 0 radical (unpaired) electrons. The van der Waals surface area contributed by atoms with Gasteiger partial charge in [-0.25, -0.2) is 4.79 Å². The van der Waals surface area contributed by atoms with Crippen LogP contribution in [0.15, 0.2) is 48.5 Å². The van der Waals surface area contributed by atoms with Crippen molar-refractivity contribution < 1.29 is 23.8 Å². The molecule has 0 heterocycles. The van der Waals surface area contributed by atoms with Crippen LogP contribution in [-0.2, 0) is 25.5 Å². The van der Waals surface area contributed by atoms with E-state index >= 15 is 0 Å². The molecule has 0 aliphatic heterocycles. The molecule has 1 fully saturated rings. The molecule has 0 saturated heterocycles. The van der Waals surface area contributed by atoms with Crippen molar-refractivity contribution in [3.63, 3.8) is 0 Å². The molecule has 0 aromatic heterocycles. The van der Waals surface area contributed by atoms with E-state index in [9.17, 15) is 9.59 Å². The van der Waals surface area contributed by atoms with E-state index in [4.69, 9.17) is 25.7 Å². The van der Waals surface area contributed by atoms with Crippen LogP contribution in [0, 0.1) is 5.92 Å². The summed E-state index contributed by atoms with van der Waals surface area (Å²) in [5.41, 5.74) is 14.4. The van der Waals surface area contributed by atoms with Crippen LogP contribution in [0.25, 0.3) is 6.08 Å². The number of hydrogen-bond acceptors (Lipinski definition) is 7. The average molecular weight is 439 g/mol. The van der Waals surface area contributed by atoms with Gasteiger partial charge in [-0.05, 0) is 67.2 Å². The maximum atomic E-state index is 12.4. The second-order valence-electron chi connectivity index (χ2n) is 7.91. The third kappa shape index (κ3) is 6.85. The quantitative estimate of drug-likeness (QED) is 0.279. The van der Waals surface area contributed by atoms with Gasteiger partial charge < -0.3 is 25.7 Å². The number of rotatable bonds is 8. The van der Waals surface area contributed by atoms with Crippen LogP contribution >= 0.6 is 0 Å². The Balaban J connectivity index is 1.42. The normalized spacial score (nSPS) is 18.4. The molecule has 170 valence electrons. The van der Waals surface area contributed by atoms with Crippen LogP contribution in [0.3, 0.4) is 0 Å². The zero-order valence-corrected chi connectivity index (χ0v) is 18.3. The zero-order chi connectivity index (χ0) is 22.9. The van der Waals surface area contributed by atoms with Gasteiger partial charge in [0.1, 0.15) is 5.75 Å². The minimum atomic E-state index is -0.443. The number of ether oxygens (including phenoxy) is 3. The van der Waals surface area contributed by atoms with Crippen molar-refractivity contribution in [2.24, 2.45) is 5.92 Å². The fourth-order valence-corrected chi connectivity index (χ4v) is 3.70. The van der Waals surface area contributed by atoms with Crippen LogP contribution in [0.4, 0.5) is 11.4 Å². The molecule has 0 spiro atoms. The summed E-state index contributed by atoms with van der Waals surface area (Å²) in [6.45, 7) is 0.221. The molecule has 4 N–H and O–H groups in total. The van der Waals surface area contributed by atoms with Crippen molar-refractivity contribution in [1.29, 1.82) is 0 Å². The molecule has 1 aliphatic carbocycles. The lowest BCUT2D eigenvalue weighted by molar-refractivity contribution is -0.141. The minimum Gasteiger partial charge on any atom is -0.462 e. The van der Waals surface area contributed by atoms with E-state index < -0.39 is 5.97 Å². The van der Waals surface area contributed by atoms with Gasteiger partial charge in [0.15, 0.2) is 0 Å². The smallest absolute Gasteiger partial charge is 0.330 e. The molecule has 0 amide bonds. The van der Waals surface area contributed by atoms with Crippen molar-refractivity contribution >= 4 is 29.4 Å². The maximum absolute atomic E-state index is 12.4. The summed E-state index contributed by atoms with van der Waals surface area (Å²) in [6.07, 6.45) is 7.09. The van der Waals surface area contributed by atoms with E-state index in [0.29, 0.717) is 23.5 Å². The van der Waals surface area contributed by atoms with E-state index in [1.807, 2.05) is 6.07 Å². The number of anilines is 2. The second kappa shape index (κ2) is 11.3. The van der Waals surface area contributed by atoms with Crippen molar-refractivity contribution in [3.05, 3.63) is 59.7 Å². The number of carbonyl (C=O) groups is 2. The van der Waals surface area contributed by atoms with Gasteiger partial charge in [0.2, 0.25) is 0 Å². The number of nitrogens with two attached hydrogens (primary N) is 2. The van der Waals surface area contributed by atoms with Crippen molar-refractivity contribution in [1.82, 2.24) is 0 Å². The standard InChI is InChI=1S/C25H30N2O5/c1-30-21-11-6-19(7-12-21)25(29)32-22-9-2-17(3-10-22)4-13-24(28)31-15-14-18-5-8-20(26)16-23(18)27/h2-5,8-10,13,16,19,21H,6-7,11-12,14-15,26-27H2,1H3/b13-4+. The highest BCUT2D eigenvalue weighted by atomic mass is 16.5. The van der Waals surface area contributed by atoms with E-state index in [-0.39, 0.29) is 24.6 Å². The number of benzene rings is 2. The summed E-state index contributed by atoms with van der Waals surface area (Å²) in [5, 5.41) is 0. The first-order valence-corrected chi connectivity index (χ1v) is 10.8. The fraction of sp³-hybridized carbons (Fsp3) is 0.360. The van der Waals surface area contributed by atoms with Gasteiger partial charge in [-0.1, -0.05) is 18.2 Å². The molecule has 1 saturated carbocycles. The van der Waals surface area contributed by atoms with Crippen LogP contribution < -0.4 is 16.2 Å². The average Bonchev–Trinajstić information content (AvgIpc) is 2.80. The molecule has 7 heteroatoms. The van der Waals surface area contributed by atoms with Crippen molar-refractivity contribution in [2.45, 2.75) is 38.2 Å². The van der Waals surface area contributed by atoms with Crippen molar-refractivity contribution in [3.8, 4) is 5.75 Å². The lowest BCUT2D eigenvalue weighted by atomic mass is 9.87. The Labute approximate surface area is 188 Å². The fourth-order valence-electron chi connectivity index (χ4n) is 3.70. The zero-order valence-electron chi connectivity index (χ0n) is 18.3. The summed E-state index contributed by atoms with van der Waals surface area (Å²) in [7, 11) is 1.71. The predicted octanol–water partition coefficient (Wildman–Crippen LogP) is 3.76. The molecular formula is C25H30N2O5. The lowest BCUT2D eigenvalue weighted by Gasteiger charge is -2.26. The molecule has 2 aromatic carbocycles. The summed E-state index contributed by atoms with van der Waals surface area (Å²) in [6, 6.07) is 12.3. The first-order chi connectivity index (χ1) is 15.4. The topological polar surface area (TPSA) is 114 Å². The molecule has 3 rings (SSSR count). The number of carbonyl (C=O) groups excluding carboxylic acids is 2. The SMILES string of the molecule is COC1CCC(C(=O)Oc2ccc(/C=C/C(=O)OCCc3ccc(N)cc3N)cc2)CC1. The number of hydrogen-bond donors (Lipinski definition) is 2. The molecule has 0 atom stereocenters. The number of nitrogen functional groups attached to an aromatic ring is 2. The Morgan fingerprint density at radius 2 is 1.75 bits per heavy atom. The van der Waals surface area contributed by atoms with Gasteiger partial charge in [-0.15, -0.1) is 0 Å². The first-order valence-electron chi connectivity index (χ1n) is 10.8. The van der Waals surface area contributed by atoms with Gasteiger partial charge in [-0.2, -0.15) is 0 Å². The van der Waals surface area contributed by atoms with Gasteiger partial charge in [0, 0.05) is 31.0 Å². The van der Waals surface area contributed by atoms with Gasteiger partial charge in [0.25, 0.3) is 0 Å². The highest BCUT2D eigenvalue weighted by molar-refractivity contribution is 5.87. The summed E-state index contributed by atoms with van der Waals surface area (Å²) >= 11 is 0. The third-order valence-corrected chi connectivity index (χ3v) is 5.64. The van der Waals surface area contributed by atoms with Gasteiger partial charge in [0.05, 0.1) is 18.6 Å². The van der Waals surface area contributed by atoms with Gasteiger partial charge >= 0.3 is 11.9 Å². The highest BCUT2D eigenvalue weighted by Crippen LogP contribution is 2.27. The number of methoxy groups -OCH3 is 1. The van der Waals surface area contributed by atoms with Crippen LogP contribution in [-0.4, -0.2) is 31.8 Å². The Hall–Kier alpha value is -3.32. The first kappa shape index (κ1) is 23.3. The molecular weight excluding hydrogens is 408 g/mol.